The van der Waals surface area contributed by atoms with Gasteiger partial charge >= 0.3 is 0 Å². The fourth-order valence-electron chi connectivity index (χ4n) is 1.42. The Balaban J connectivity index is 2.38. The van der Waals surface area contributed by atoms with Crippen molar-refractivity contribution in [3.8, 4) is 5.75 Å². The van der Waals surface area contributed by atoms with E-state index in [0.717, 1.165) is 5.56 Å². The summed E-state index contributed by atoms with van der Waals surface area (Å²) in [4.78, 5) is 11.4. The van der Waals surface area contributed by atoms with E-state index < -0.39 is 0 Å². The number of para-hydroxylation sites is 1. The highest BCUT2D eigenvalue weighted by Crippen LogP contribution is 2.17. The Morgan fingerprint density at radius 3 is 2.76 bits per heavy atom. The van der Waals surface area contributed by atoms with E-state index in [4.69, 9.17) is 9.84 Å². The standard InChI is InChI=1S/C13H19NO3/c1-10(2)14-13(16)7-8-17-12-6-4-3-5-11(12)9-15/h3-6,10,15H,7-9H2,1-2H3,(H,14,16). The van der Waals surface area contributed by atoms with Gasteiger partial charge in [0.1, 0.15) is 5.75 Å². The predicted octanol–water partition coefficient (Wildman–Crippen LogP) is 1.47. The van der Waals surface area contributed by atoms with E-state index in [9.17, 15) is 4.79 Å². The van der Waals surface area contributed by atoms with E-state index in [1.54, 1.807) is 12.1 Å². The molecule has 4 nitrogen and oxygen atoms in total. The van der Waals surface area contributed by atoms with Gasteiger partial charge in [0.2, 0.25) is 5.91 Å². The van der Waals surface area contributed by atoms with Gasteiger partial charge in [0.15, 0.2) is 0 Å². The number of ether oxygens (including phenoxy) is 1. The molecular weight excluding hydrogens is 218 g/mol. The third kappa shape index (κ3) is 4.87. The minimum absolute atomic E-state index is 0.0264. The summed E-state index contributed by atoms with van der Waals surface area (Å²) in [5.74, 6) is 0.605. The van der Waals surface area contributed by atoms with Crippen molar-refractivity contribution in [2.75, 3.05) is 6.61 Å². The zero-order valence-corrected chi connectivity index (χ0v) is 10.3. The van der Waals surface area contributed by atoms with Crippen molar-refractivity contribution < 1.29 is 14.6 Å². The normalized spacial score (nSPS) is 10.4. The van der Waals surface area contributed by atoms with Crippen molar-refractivity contribution in [2.24, 2.45) is 0 Å². The van der Waals surface area contributed by atoms with Crippen LogP contribution in [0.2, 0.25) is 0 Å². The molecule has 1 aromatic rings. The van der Waals surface area contributed by atoms with Crippen molar-refractivity contribution in [1.82, 2.24) is 5.32 Å². The van der Waals surface area contributed by atoms with Crippen LogP contribution in [0.1, 0.15) is 25.8 Å². The molecule has 4 heteroatoms. The van der Waals surface area contributed by atoms with Crippen LogP contribution in [0.25, 0.3) is 0 Å². The van der Waals surface area contributed by atoms with E-state index >= 15 is 0 Å². The van der Waals surface area contributed by atoms with Crippen LogP contribution in [0.4, 0.5) is 0 Å². The Labute approximate surface area is 102 Å². The van der Waals surface area contributed by atoms with E-state index in [-0.39, 0.29) is 18.6 Å². The van der Waals surface area contributed by atoms with Crippen molar-refractivity contribution in [3.05, 3.63) is 29.8 Å². The van der Waals surface area contributed by atoms with Gasteiger partial charge in [0.05, 0.1) is 19.6 Å². The van der Waals surface area contributed by atoms with E-state index in [2.05, 4.69) is 5.32 Å². The predicted molar refractivity (Wildman–Crippen MR) is 65.8 cm³/mol. The summed E-state index contributed by atoms with van der Waals surface area (Å²) in [6.45, 7) is 4.09. The molecule has 0 unspecified atom stereocenters. The fourth-order valence-corrected chi connectivity index (χ4v) is 1.42. The number of rotatable bonds is 6. The van der Waals surface area contributed by atoms with Crippen molar-refractivity contribution in [1.29, 1.82) is 0 Å². The number of aliphatic hydroxyl groups is 1. The number of carbonyl (C=O) groups excluding carboxylic acids is 1. The second-order valence-electron chi connectivity index (χ2n) is 4.09. The van der Waals surface area contributed by atoms with E-state index in [0.29, 0.717) is 18.8 Å². The summed E-state index contributed by atoms with van der Waals surface area (Å²) >= 11 is 0. The summed E-state index contributed by atoms with van der Waals surface area (Å²) in [6, 6.07) is 7.40. The van der Waals surface area contributed by atoms with Gasteiger partial charge in [-0.3, -0.25) is 4.79 Å². The Bertz CT molecular complexity index is 363. The van der Waals surface area contributed by atoms with Crippen LogP contribution in [0.15, 0.2) is 24.3 Å². The van der Waals surface area contributed by atoms with Crippen molar-refractivity contribution in [2.45, 2.75) is 32.9 Å². The third-order valence-corrected chi connectivity index (χ3v) is 2.18. The minimum Gasteiger partial charge on any atom is -0.493 e. The Hall–Kier alpha value is -1.55. The summed E-state index contributed by atoms with van der Waals surface area (Å²) in [7, 11) is 0. The van der Waals surface area contributed by atoms with Crippen LogP contribution in [0, 0.1) is 0 Å². The SMILES string of the molecule is CC(C)NC(=O)CCOc1ccccc1CO. The molecule has 0 heterocycles. The summed E-state index contributed by atoms with van der Waals surface area (Å²) in [6.07, 6.45) is 0.317. The monoisotopic (exact) mass is 237 g/mol. The molecule has 0 radical (unpaired) electrons. The summed E-state index contributed by atoms with van der Waals surface area (Å²) < 4.78 is 5.46. The van der Waals surface area contributed by atoms with Gasteiger partial charge in [-0.15, -0.1) is 0 Å². The molecule has 0 fully saturated rings. The van der Waals surface area contributed by atoms with Gasteiger partial charge in [-0.2, -0.15) is 0 Å². The quantitative estimate of drug-likeness (QED) is 0.787. The Morgan fingerprint density at radius 1 is 1.41 bits per heavy atom. The maximum absolute atomic E-state index is 11.4. The fraction of sp³-hybridized carbons (Fsp3) is 0.462. The van der Waals surface area contributed by atoms with Crippen molar-refractivity contribution >= 4 is 5.91 Å². The Morgan fingerprint density at radius 2 is 2.12 bits per heavy atom. The lowest BCUT2D eigenvalue weighted by Gasteiger charge is -2.11. The molecular formula is C13H19NO3. The average Bonchev–Trinajstić information content (AvgIpc) is 2.28. The van der Waals surface area contributed by atoms with Gasteiger partial charge in [-0.05, 0) is 19.9 Å². The van der Waals surface area contributed by atoms with Crippen LogP contribution in [-0.4, -0.2) is 23.7 Å². The van der Waals surface area contributed by atoms with E-state index in [1.165, 1.54) is 0 Å². The molecule has 0 aliphatic heterocycles. The number of hydrogen-bond donors (Lipinski definition) is 2. The highest BCUT2D eigenvalue weighted by atomic mass is 16.5. The molecule has 1 amide bonds. The van der Waals surface area contributed by atoms with Gasteiger partial charge in [-0.25, -0.2) is 0 Å². The van der Waals surface area contributed by atoms with Gasteiger partial charge < -0.3 is 15.2 Å². The maximum atomic E-state index is 11.4. The minimum atomic E-state index is -0.0611. The lowest BCUT2D eigenvalue weighted by molar-refractivity contribution is -0.122. The molecule has 94 valence electrons. The zero-order chi connectivity index (χ0) is 12.7. The van der Waals surface area contributed by atoms with Crippen molar-refractivity contribution in [3.63, 3.8) is 0 Å². The molecule has 0 aromatic heterocycles. The number of nitrogens with one attached hydrogen (secondary N) is 1. The number of amides is 1. The number of aliphatic hydroxyl groups excluding tert-OH is 1. The van der Waals surface area contributed by atoms with Crippen LogP contribution in [-0.2, 0) is 11.4 Å². The van der Waals surface area contributed by atoms with Gasteiger partial charge in [0.25, 0.3) is 0 Å². The molecule has 0 aliphatic carbocycles. The smallest absolute Gasteiger partial charge is 0.223 e. The summed E-state index contributed by atoms with van der Waals surface area (Å²) in [5.41, 5.74) is 0.733. The first kappa shape index (κ1) is 13.5. The molecule has 1 aromatic carbocycles. The maximum Gasteiger partial charge on any atom is 0.223 e. The van der Waals surface area contributed by atoms with Crippen LogP contribution in [0.5, 0.6) is 5.75 Å². The lowest BCUT2D eigenvalue weighted by atomic mass is 10.2. The van der Waals surface area contributed by atoms with Crippen LogP contribution >= 0.6 is 0 Å². The first-order valence-corrected chi connectivity index (χ1v) is 5.74. The van der Waals surface area contributed by atoms with Crippen LogP contribution < -0.4 is 10.1 Å². The molecule has 0 spiro atoms. The zero-order valence-electron chi connectivity index (χ0n) is 10.3. The first-order valence-electron chi connectivity index (χ1n) is 5.74. The number of carbonyl (C=O) groups is 1. The highest BCUT2D eigenvalue weighted by molar-refractivity contribution is 5.76. The third-order valence-electron chi connectivity index (χ3n) is 2.18. The molecule has 2 N–H and O–H groups in total. The molecule has 0 aliphatic rings. The number of hydrogen-bond acceptors (Lipinski definition) is 3. The second kappa shape index (κ2) is 6.91. The first-order chi connectivity index (χ1) is 8.13. The van der Waals surface area contributed by atoms with Gasteiger partial charge in [-0.1, -0.05) is 18.2 Å². The molecule has 0 saturated carbocycles. The lowest BCUT2D eigenvalue weighted by Crippen LogP contribution is -2.31. The molecule has 0 saturated heterocycles. The largest absolute Gasteiger partial charge is 0.493 e. The molecule has 0 bridgehead atoms. The topological polar surface area (TPSA) is 58.6 Å². The Kier molecular flexibility index (Phi) is 5.49. The van der Waals surface area contributed by atoms with E-state index in [1.807, 2.05) is 26.0 Å². The molecule has 0 atom stereocenters. The second-order valence-corrected chi connectivity index (χ2v) is 4.09. The average molecular weight is 237 g/mol. The summed E-state index contributed by atoms with van der Waals surface area (Å²) in [5, 5.41) is 11.9. The molecule has 17 heavy (non-hydrogen) atoms. The van der Waals surface area contributed by atoms with Gasteiger partial charge in [0, 0.05) is 11.6 Å². The number of benzene rings is 1. The molecule has 1 rings (SSSR count). The van der Waals surface area contributed by atoms with Crippen LogP contribution in [0.3, 0.4) is 0 Å². The highest BCUT2D eigenvalue weighted by Gasteiger charge is 2.05.